The monoisotopic (exact) mass is 478 g/mol. The Morgan fingerprint density at radius 2 is 0.765 bits per heavy atom. The van der Waals surface area contributed by atoms with E-state index in [0.29, 0.717) is 0 Å². The standard InChI is InChI=1S/C30H34N2Si2/c1-31-27-15-9-19(33(3,4)5)17-25(27)23-13-12-22-21(29(23)31)11-14-24-26-18-20(34(6,7)8)10-16-28(26)32(2)30(22)24/h9-18H,1-8H3. The Kier molecular flexibility index (Phi) is 4.38. The van der Waals surface area contributed by atoms with E-state index in [0.717, 1.165) is 0 Å². The summed E-state index contributed by atoms with van der Waals surface area (Å²) in [5, 5.41) is 11.2. The zero-order chi connectivity index (χ0) is 24.2. The molecule has 6 rings (SSSR count). The van der Waals surface area contributed by atoms with E-state index >= 15 is 0 Å². The molecule has 6 aromatic rings. The molecule has 2 aromatic heterocycles. The minimum Gasteiger partial charge on any atom is -0.343 e. The van der Waals surface area contributed by atoms with E-state index in [-0.39, 0.29) is 0 Å². The van der Waals surface area contributed by atoms with E-state index in [1.54, 1.807) is 0 Å². The third-order valence-electron chi connectivity index (χ3n) is 7.84. The van der Waals surface area contributed by atoms with Crippen molar-refractivity contribution in [3.05, 3.63) is 60.7 Å². The molecule has 4 aromatic carbocycles. The third kappa shape index (κ3) is 2.91. The lowest BCUT2D eigenvalue weighted by molar-refractivity contribution is 1.02. The molecule has 0 amide bonds. The molecule has 0 N–H and O–H groups in total. The molecule has 0 atom stereocenters. The number of aryl methyl sites for hydroxylation is 2. The fourth-order valence-electron chi connectivity index (χ4n) is 5.79. The molecule has 0 spiro atoms. The minimum absolute atomic E-state index is 1.32. The van der Waals surface area contributed by atoms with Crippen LogP contribution in [0.5, 0.6) is 0 Å². The maximum absolute atomic E-state index is 2.46. The van der Waals surface area contributed by atoms with Gasteiger partial charge in [-0.2, -0.15) is 0 Å². The van der Waals surface area contributed by atoms with Crippen LogP contribution < -0.4 is 10.4 Å². The summed E-state index contributed by atoms with van der Waals surface area (Å²) in [5.74, 6) is 0. The van der Waals surface area contributed by atoms with Gasteiger partial charge in [0.2, 0.25) is 0 Å². The topological polar surface area (TPSA) is 9.86 Å². The maximum Gasteiger partial charge on any atom is 0.0776 e. The summed E-state index contributed by atoms with van der Waals surface area (Å²) in [7, 11) is 1.71. The number of rotatable bonds is 2. The van der Waals surface area contributed by atoms with Crippen molar-refractivity contribution in [3.63, 3.8) is 0 Å². The number of hydrogen-bond acceptors (Lipinski definition) is 0. The Hall–Kier alpha value is -2.83. The fraction of sp³-hybridized carbons (Fsp3) is 0.267. The second kappa shape index (κ2) is 6.86. The van der Waals surface area contributed by atoms with Crippen LogP contribution in [0.25, 0.3) is 54.4 Å². The first-order chi connectivity index (χ1) is 16.0. The van der Waals surface area contributed by atoms with Crippen LogP contribution in [0.15, 0.2) is 60.7 Å². The molecule has 34 heavy (non-hydrogen) atoms. The lowest BCUT2D eigenvalue weighted by Crippen LogP contribution is -2.37. The van der Waals surface area contributed by atoms with E-state index < -0.39 is 16.1 Å². The minimum atomic E-state index is -1.37. The Balaban J connectivity index is 1.73. The molecule has 2 nitrogen and oxygen atoms in total. The molecule has 0 bridgehead atoms. The quantitative estimate of drug-likeness (QED) is 0.233. The van der Waals surface area contributed by atoms with Gasteiger partial charge in [0.25, 0.3) is 0 Å². The predicted octanol–water partition coefficient (Wildman–Crippen LogP) is 7.22. The summed E-state index contributed by atoms with van der Waals surface area (Å²) in [6.07, 6.45) is 0. The van der Waals surface area contributed by atoms with E-state index in [2.05, 4.69) is 123 Å². The van der Waals surface area contributed by atoms with Gasteiger partial charge in [-0.3, -0.25) is 0 Å². The number of benzene rings is 4. The van der Waals surface area contributed by atoms with Crippen LogP contribution in [0, 0.1) is 0 Å². The van der Waals surface area contributed by atoms with Crippen molar-refractivity contribution in [3.8, 4) is 0 Å². The van der Waals surface area contributed by atoms with Crippen molar-refractivity contribution in [1.82, 2.24) is 9.13 Å². The second-order valence-corrected chi connectivity index (χ2v) is 22.3. The van der Waals surface area contributed by atoms with Gasteiger partial charge in [-0.25, -0.2) is 0 Å². The van der Waals surface area contributed by atoms with E-state index in [1.165, 1.54) is 64.8 Å². The lowest BCUT2D eigenvalue weighted by atomic mass is 10.0. The molecular weight excluding hydrogens is 445 g/mol. The molecular formula is C30H34N2Si2. The summed E-state index contributed by atoms with van der Waals surface area (Å²) < 4.78 is 4.80. The van der Waals surface area contributed by atoms with Crippen LogP contribution in [-0.2, 0) is 14.1 Å². The van der Waals surface area contributed by atoms with Crippen LogP contribution in [0.2, 0.25) is 39.3 Å². The van der Waals surface area contributed by atoms with Crippen LogP contribution >= 0.6 is 0 Å². The first-order valence-electron chi connectivity index (χ1n) is 12.3. The zero-order valence-corrected chi connectivity index (χ0v) is 23.7. The summed E-state index contributed by atoms with van der Waals surface area (Å²) in [5.41, 5.74) is 5.33. The largest absolute Gasteiger partial charge is 0.343 e. The van der Waals surface area contributed by atoms with Gasteiger partial charge in [-0.15, -0.1) is 0 Å². The normalized spacial score (nSPS) is 13.3. The van der Waals surface area contributed by atoms with Crippen molar-refractivity contribution in [2.24, 2.45) is 14.1 Å². The van der Waals surface area contributed by atoms with Gasteiger partial charge in [0.1, 0.15) is 0 Å². The van der Waals surface area contributed by atoms with Gasteiger partial charge in [0.05, 0.1) is 27.2 Å². The van der Waals surface area contributed by atoms with Crippen molar-refractivity contribution in [1.29, 1.82) is 0 Å². The van der Waals surface area contributed by atoms with E-state index in [1.807, 2.05) is 0 Å². The summed E-state index contributed by atoms with van der Waals surface area (Å²) in [6, 6.07) is 23.7. The van der Waals surface area contributed by atoms with E-state index in [4.69, 9.17) is 0 Å². The molecule has 4 heteroatoms. The van der Waals surface area contributed by atoms with Crippen molar-refractivity contribution < 1.29 is 0 Å². The summed E-state index contributed by atoms with van der Waals surface area (Å²) >= 11 is 0. The first-order valence-corrected chi connectivity index (χ1v) is 19.3. The van der Waals surface area contributed by atoms with E-state index in [9.17, 15) is 0 Å². The lowest BCUT2D eigenvalue weighted by Gasteiger charge is -2.16. The average Bonchev–Trinajstić information content (AvgIpc) is 3.24. The smallest absolute Gasteiger partial charge is 0.0776 e. The van der Waals surface area contributed by atoms with Gasteiger partial charge in [-0.1, -0.05) is 98.2 Å². The molecule has 0 radical (unpaired) electrons. The molecule has 0 saturated carbocycles. The van der Waals surface area contributed by atoms with Gasteiger partial charge >= 0.3 is 0 Å². The van der Waals surface area contributed by atoms with Gasteiger partial charge in [0.15, 0.2) is 0 Å². The molecule has 0 unspecified atom stereocenters. The average molecular weight is 479 g/mol. The summed E-state index contributed by atoms with van der Waals surface area (Å²) in [6.45, 7) is 14.6. The van der Waals surface area contributed by atoms with Crippen molar-refractivity contribution >= 4 is 80.9 Å². The SMILES string of the molecule is Cn1c2ccc([Si](C)(C)C)cc2c2ccc3c(ccc4c5cc([Si](C)(C)C)ccc5n(C)c43)c21. The second-order valence-electron chi connectivity index (χ2n) is 12.1. The fourth-order valence-corrected chi connectivity index (χ4v) is 8.12. The van der Waals surface area contributed by atoms with Crippen LogP contribution in [0.4, 0.5) is 0 Å². The predicted molar refractivity (Wildman–Crippen MR) is 158 cm³/mol. The molecule has 2 heterocycles. The van der Waals surface area contributed by atoms with Crippen molar-refractivity contribution in [2.75, 3.05) is 0 Å². The number of fused-ring (bicyclic) bond motifs is 9. The zero-order valence-electron chi connectivity index (χ0n) is 21.7. The highest BCUT2D eigenvalue weighted by atomic mass is 28.3. The van der Waals surface area contributed by atoms with Gasteiger partial charge in [0, 0.05) is 57.4 Å². The number of aromatic nitrogens is 2. The molecule has 0 aliphatic carbocycles. The van der Waals surface area contributed by atoms with Crippen LogP contribution in [-0.4, -0.2) is 25.3 Å². The number of hydrogen-bond donors (Lipinski definition) is 0. The Bertz CT molecular complexity index is 1650. The highest BCUT2D eigenvalue weighted by molar-refractivity contribution is 6.89. The maximum atomic E-state index is 2.46. The molecule has 0 aliphatic heterocycles. The first kappa shape index (κ1) is 21.7. The Morgan fingerprint density at radius 3 is 1.09 bits per heavy atom. The van der Waals surface area contributed by atoms with Crippen LogP contribution in [0.3, 0.4) is 0 Å². The third-order valence-corrected chi connectivity index (χ3v) is 11.9. The highest BCUT2D eigenvalue weighted by Crippen LogP contribution is 2.39. The highest BCUT2D eigenvalue weighted by Gasteiger charge is 2.21. The van der Waals surface area contributed by atoms with Gasteiger partial charge in [-0.05, 0) is 12.1 Å². The summed E-state index contributed by atoms with van der Waals surface area (Å²) in [4.78, 5) is 0. The molecule has 0 fully saturated rings. The molecule has 0 saturated heterocycles. The molecule has 0 aliphatic rings. The number of nitrogens with zero attached hydrogens (tertiary/aromatic N) is 2. The Morgan fingerprint density at radius 1 is 0.441 bits per heavy atom. The molecule has 172 valence electrons. The van der Waals surface area contributed by atoms with Crippen LogP contribution in [0.1, 0.15) is 0 Å². The van der Waals surface area contributed by atoms with Gasteiger partial charge < -0.3 is 9.13 Å². The van der Waals surface area contributed by atoms with Crippen molar-refractivity contribution in [2.45, 2.75) is 39.3 Å². The Labute approximate surface area is 203 Å².